The van der Waals surface area contributed by atoms with Gasteiger partial charge in [-0.05, 0) is 65.7 Å². The van der Waals surface area contributed by atoms with E-state index in [-0.39, 0.29) is 30.7 Å². The van der Waals surface area contributed by atoms with Crippen LogP contribution in [0.2, 0.25) is 0 Å². The first-order valence-corrected chi connectivity index (χ1v) is 13.1. The van der Waals surface area contributed by atoms with E-state index in [1.54, 1.807) is 24.4 Å². The Morgan fingerprint density at radius 3 is 2.63 bits per heavy atom. The summed E-state index contributed by atoms with van der Waals surface area (Å²) in [5.74, 6) is 4.48. The van der Waals surface area contributed by atoms with Gasteiger partial charge in [-0.15, -0.1) is 0 Å². The molecule has 0 atom stereocenters. The summed E-state index contributed by atoms with van der Waals surface area (Å²) in [4.78, 5) is 42.4. The van der Waals surface area contributed by atoms with Crippen LogP contribution in [0.25, 0.3) is 5.65 Å². The van der Waals surface area contributed by atoms with Crippen LogP contribution in [0.15, 0.2) is 36.5 Å². The Labute approximate surface area is 216 Å². The first-order valence-electron chi connectivity index (χ1n) is 13.1. The summed E-state index contributed by atoms with van der Waals surface area (Å²) < 4.78 is 6.86. The second-order valence-electron chi connectivity index (χ2n) is 11.6. The molecule has 3 heterocycles. The van der Waals surface area contributed by atoms with Crippen molar-refractivity contribution in [2.45, 2.75) is 12.1 Å². The van der Waals surface area contributed by atoms with E-state index in [1.807, 2.05) is 6.07 Å². The molecule has 0 saturated heterocycles. The number of fused-ring (bicyclic) bond motifs is 2. The van der Waals surface area contributed by atoms with Crippen LogP contribution < -0.4 is 26.0 Å². The minimum atomic E-state index is -0.403. The molecule has 0 radical (unpaired) electrons. The van der Waals surface area contributed by atoms with E-state index < -0.39 is 5.91 Å². The van der Waals surface area contributed by atoms with Gasteiger partial charge in [-0.25, -0.2) is 9.50 Å². The first kappa shape index (κ1) is 21.0. The monoisotopic (exact) mass is 511 g/mol. The molecule has 6 aliphatic carbocycles. The average molecular weight is 512 g/mol. The van der Waals surface area contributed by atoms with E-state index in [1.165, 1.54) is 10.6 Å². The second kappa shape index (κ2) is 6.52. The molecule has 3 amide bonds. The van der Waals surface area contributed by atoms with Crippen molar-refractivity contribution in [1.29, 1.82) is 0 Å². The number of nitrogens with one attached hydrogen (secondary N) is 4. The maximum absolute atomic E-state index is 13.3. The molecule has 11 nitrogen and oxygen atoms in total. The van der Waals surface area contributed by atoms with Crippen molar-refractivity contribution in [2.75, 3.05) is 25.5 Å². The maximum atomic E-state index is 13.3. The average Bonchev–Trinajstić information content (AvgIpc) is 3.42. The van der Waals surface area contributed by atoms with Crippen LogP contribution in [-0.2, 0) is 11.3 Å². The molecule has 0 spiro atoms. The summed E-state index contributed by atoms with van der Waals surface area (Å²) in [6.07, 6.45) is 1.57. The third kappa shape index (κ3) is 2.07. The third-order valence-electron chi connectivity index (χ3n) is 10.8. The quantitative estimate of drug-likeness (QED) is 0.361. The zero-order chi connectivity index (χ0) is 25.6. The van der Waals surface area contributed by atoms with Gasteiger partial charge in [-0.3, -0.25) is 14.4 Å². The number of amides is 3. The normalized spacial score (nSPS) is 37.1. The lowest BCUT2D eigenvalue weighted by Gasteiger charge is -3.11. The van der Waals surface area contributed by atoms with Crippen molar-refractivity contribution in [3.8, 4) is 5.75 Å². The standard InChI is InChI=1S/C27H25N7O4/c1-28-27-21-18-22(27)20-23(27)19(21)26(18,20)10-30-25(37)14-7-13(32-16-4-5-31-34(14)16)24(36)29-8-11-2-3-15-12(6-11)33-17(35)9-38-15/h2-7,18-23,28H,8-10H2,1H3,(H,29,36)(H,30,37)(H,33,35). The maximum Gasteiger partial charge on any atom is 0.270 e. The van der Waals surface area contributed by atoms with E-state index in [4.69, 9.17) is 4.74 Å². The molecular weight excluding hydrogens is 486 g/mol. The lowest BCUT2D eigenvalue weighted by atomic mass is 8.94. The van der Waals surface area contributed by atoms with Crippen LogP contribution in [-0.4, -0.2) is 58.1 Å². The zero-order valence-electron chi connectivity index (χ0n) is 20.5. The van der Waals surface area contributed by atoms with Crippen LogP contribution in [0.4, 0.5) is 5.69 Å². The number of carbonyl (C=O) groups excluding carboxylic acids is 3. The Morgan fingerprint density at radius 1 is 1.08 bits per heavy atom. The zero-order valence-corrected chi connectivity index (χ0v) is 20.5. The summed E-state index contributed by atoms with van der Waals surface area (Å²) in [7, 11) is 2.10. The van der Waals surface area contributed by atoms with Crippen molar-refractivity contribution in [1.82, 2.24) is 30.5 Å². The number of rotatable bonds is 7. The minimum absolute atomic E-state index is 0.0109. The van der Waals surface area contributed by atoms with Gasteiger partial charge in [0, 0.05) is 30.8 Å². The number of carbonyl (C=O) groups is 3. The molecule has 38 heavy (non-hydrogen) atoms. The van der Waals surface area contributed by atoms with E-state index in [9.17, 15) is 14.4 Å². The molecule has 192 valence electrons. The molecule has 1 aromatic carbocycles. The summed E-state index contributed by atoms with van der Waals surface area (Å²) in [5.41, 5.74) is 2.99. The predicted molar refractivity (Wildman–Crippen MR) is 132 cm³/mol. The summed E-state index contributed by atoms with van der Waals surface area (Å²) >= 11 is 0. The van der Waals surface area contributed by atoms with Gasteiger partial charge < -0.3 is 26.0 Å². The molecule has 0 unspecified atom stereocenters. The fraction of sp³-hybridized carbons (Fsp3) is 0.444. The van der Waals surface area contributed by atoms with Gasteiger partial charge in [0.15, 0.2) is 12.3 Å². The topological polar surface area (TPSA) is 139 Å². The third-order valence-corrected chi connectivity index (χ3v) is 10.8. The van der Waals surface area contributed by atoms with Gasteiger partial charge in [0.1, 0.15) is 17.1 Å². The first-order chi connectivity index (χ1) is 18.5. The second-order valence-corrected chi connectivity index (χ2v) is 11.6. The summed E-state index contributed by atoms with van der Waals surface area (Å²) in [6.45, 7) is 0.906. The van der Waals surface area contributed by atoms with Crippen molar-refractivity contribution in [2.24, 2.45) is 40.9 Å². The van der Waals surface area contributed by atoms with Crippen molar-refractivity contribution in [3.05, 3.63) is 53.5 Å². The highest BCUT2D eigenvalue weighted by molar-refractivity contribution is 5.98. The van der Waals surface area contributed by atoms with Gasteiger partial charge in [0.25, 0.3) is 17.7 Å². The fourth-order valence-electron chi connectivity index (χ4n) is 9.63. The van der Waals surface area contributed by atoms with Crippen molar-refractivity contribution < 1.29 is 19.1 Å². The van der Waals surface area contributed by atoms with Crippen LogP contribution in [0.3, 0.4) is 0 Å². The number of hydrogen-bond donors (Lipinski definition) is 4. The summed E-state index contributed by atoms with van der Waals surface area (Å²) in [6, 6.07) is 8.53. The molecule has 2 aromatic heterocycles. The molecule has 6 fully saturated rings. The van der Waals surface area contributed by atoms with E-state index in [2.05, 4.69) is 38.4 Å². The Balaban J connectivity index is 0.909. The van der Waals surface area contributed by atoms with Gasteiger partial charge in [0.05, 0.1) is 11.9 Å². The summed E-state index contributed by atoms with van der Waals surface area (Å²) in [5, 5.41) is 16.7. The van der Waals surface area contributed by atoms with Crippen LogP contribution in [0.1, 0.15) is 26.5 Å². The lowest BCUT2D eigenvalue weighted by Crippen LogP contribution is -3.15. The lowest BCUT2D eigenvalue weighted by molar-refractivity contribution is -0.623. The molecular formula is C27H25N7O4. The largest absolute Gasteiger partial charge is 0.482 e. The van der Waals surface area contributed by atoms with Crippen molar-refractivity contribution in [3.63, 3.8) is 0 Å². The van der Waals surface area contributed by atoms with E-state index >= 15 is 0 Å². The number of hydrogen-bond acceptors (Lipinski definition) is 7. The van der Waals surface area contributed by atoms with Crippen LogP contribution >= 0.6 is 0 Å². The molecule has 1 aliphatic heterocycles. The molecule has 3 aromatic rings. The SMILES string of the molecule is CNC12C3C4C1C1C2C3C41CNC(=O)c1cc(C(=O)NCc2ccc3c(c2)NC(=O)CO3)nc2ccnn12. The Kier molecular flexibility index (Phi) is 3.60. The van der Waals surface area contributed by atoms with Crippen LogP contribution in [0.5, 0.6) is 5.75 Å². The van der Waals surface area contributed by atoms with Crippen LogP contribution in [0, 0.1) is 40.9 Å². The number of benzene rings is 1. The Bertz CT molecular complexity index is 1580. The van der Waals surface area contributed by atoms with Gasteiger partial charge >= 0.3 is 0 Å². The number of anilines is 1. The van der Waals surface area contributed by atoms with E-state index in [0.29, 0.717) is 40.3 Å². The minimum Gasteiger partial charge on any atom is -0.482 e. The Hall–Kier alpha value is -3.99. The molecule has 6 saturated carbocycles. The Morgan fingerprint density at radius 2 is 1.87 bits per heavy atom. The molecule has 0 bridgehead atoms. The number of aromatic nitrogens is 3. The smallest absolute Gasteiger partial charge is 0.270 e. The highest BCUT2D eigenvalue weighted by Crippen LogP contribution is 3.06. The predicted octanol–water partition coefficient (Wildman–Crippen LogP) is 0.430. The van der Waals surface area contributed by atoms with Gasteiger partial charge in [-0.1, -0.05) is 6.07 Å². The number of ether oxygens (including phenoxy) is 1. The molecule has 7 aliphatic rings. The molecule has 4 N–H and O–H groups in total. The number of nitrogens with zero attached hydrogens (tertiary/aromatic N) is 3. The van der Waals surface area contributed by atoms with Gasteiger partial charge in [-0.2, -0.15) is 5.10 Å². The molecule has 10 rings (SSSR count). The van der Waals surface area contributed by atoms with E-state index in [0.717, 1.165) is 41.1 Å². The highest BCUT2D eigenvalue weighted by Gasteiger charge is 3.09. The van der Waals surface area contributed by atoms with Crippen molar-refractivity contribution >= 4 is 29.1 Å². The van der Waals surface area contributed by atoms with Gasteiger partial charge in [0.2, 0.25) is 0 Å². The molecule has 11 heteroatoms. The highest BCUT2D eigenvalue weighted by atomic mass is 16.5. The fourth-order valence-corrected chi connectivity index (χ4v) is 9.63.